The molecule has 2 nitrogen and oxygen atoms in total. The van der Waals surface area contributed by atoms with Crippen LogP contribution < -0.4 is 5.32 Å². The monoisotopic (exact) mass is 213 g/mol. The lowest BCUT2D eigenvalue weighted by Gasteiger charge is -2.38. The highest BCUT2D eigenvalue weighted by Gasteiger charge is 2.34. The van der Waals surface area contributed by atoms with Gasteiger partial charge in [0.1, 0.15) is 0 Å². The van der Waals surface area contributed by atoms with E-state index < -0.39 is 0 Å². The van der Waals surface area contributed by atoms with Crippen molar-refractivity contribution in [2.45, 2.75) is 52.5 Å². The first kappa shape index (κ1) is 13.0. The molecule has 1 saturated carbocycles. The minimum absolute atomic E-state index is 0.429. The summed E-state index contributed by atoms with van der Waals surface area (Å²) in [7, 11) is 1.81. The summed E-state index contributed by atoms with van der Waals surface area (Å²) in [5.41, 5.74) is 0.429. The molecule has 0 aromatic heterocycles. The van der Waals surface area contributed by atoms with Crippen molar-refractivity contribution in [2.75, 3.05) is 20.3 Å². The normalized spacial score (nSPS) is 19.2. The fourth-order valence-electron chi connectivity index (χ4n) is 2.43. The topological polar surface area (TPSA) is 21.3 Å². The molecule has 1 rings (SSSR count). The molecule has 0 bridgehead atoms. The molecule has 0 spiro atoms. The lowest BCUT2D eigenvalue weighted by Crippen LogP contribution is -2.41. The highest BCUT2D eigenvalue weighted by Crippen LogP contribution is 2.35. The van der Waals surface area contributed by atoms with Gasteiger partial charge in [0, 0.05) is 26.3 Å². The maximum absolute atomic E-state index is 5.31. The molecular formula is C13H27NO. The average molecular weight is 213 g/mol. The average Bonchev–Trinajstić information content (AvgIpc) is 3.04. The maximum Gasteiger partial charge on any atom is 0.0493 e. The van der Waals surface area contributed by atoms with Crippen molar-refractivity contribution in [1.29, 1.82) is 0 Å². The van der Waals surface area contributed by atoms with Gasteiger partial charge in [-0.1, -0.05) is 20.8 Å². The summed E-state index contributed by atoms with van der Waals surface area (Å²) in [4.78, 5) is 0. The van der Waals surface area contributed by atoms with Crippen LogP contribution in [-0.2, 0) is 4.74 Å². The van der Waals surface area contributed by atoms with Crippen LogP contribution >= 0.6 is 0 Å². The third-order valence-electron chi connectivity index (χ3n) is 4.19. The van der Waals surface area contributed by atoms with Crippen molar-refractivity contribution in [1.82, 2.24) is 5.32 Å². The summed E-state index contributed by atoms with van der Waals surface area (Å²) in [6.07, 6.45) is 5.24. The van der Waals surface area contributed by atoms with Crippen molar-refractivity contribution < 1.29 is 4.74 Å². The molecule has 1 atom stereocenters. The van der Waals surface area contributed by atoms with Crippen LogP contribution in [0.4, 0.5) is 0 Å². The van der Waals surface area contributed by atoms with Gasteiger partial charge in [0.05, 0.1) is 0 Å². The van der Waals surface area contributed by atoms with Crippen molar-refractivity contribution >= 4 is 0 Å². The molecule has 90 valence electrons. The Morgan fingerprint density at radius 1 is 1.33 bits per heavy atom. The second-order valence-electron chi connectivity index (χ2n) is 5.08. The van der Waals surface area contributed by atoms with Crippen molar-refractivity contribution in [2.24, 2.45) is 11.3 Å². The fourth-order valence-corrected chi connectivity index (χ4v) is 2.43. The summed E-state index contributed by atoms with van der Waals surface area (Å²) >= 11 is 0. The Kier molecular flexibility index (Phi) is 5.07. The van der Waals surface area contributed by atoms with Crippen LogP contribution in [0.25, 0.3) is 0 Å². The zero-order chi connectivity index (χ0) is 11.3. The van der Waals surface area contributed by atoms with E-state index in [4.69, 9.17) is 4.74 Å². The van der Waals surface area contributed by atoms with Gasteiger partial charge in [0.25, 0.3) is 0 Å². The Hall–Kier alpha value is -0.0800. The molecule has 1 fully saturated rings. The largest absolute Gasteiger partial charge is 0.384 e. The molecule has 0 amide bonds. The van der Waals surface area contributed by atoms with E-state index in [-0.39, 0.29) is 0 Å². The molecule has 2 heteroatoms. The molecule has 1 unspecified atom stereocenters. The first-order chi connectivity index (χ1) is 7.18. The molecule has 1 aliphatic rings. The van der Waals surface area contributed by atoms with E-state index >= 15 is 0 Å². The predicted molar refractivity (Wildman–Crippen MR) is 65.1 cm³/mol. The van der Waals surface area contributed by atoms with Gasteiger partial charge in [-0.05, 0) is 37.0 Å². The number of methoxy groups -OCH3 is 1. The molecule has 0 saturated heterocycles. The van der Waals surface area contributed by atoms with Crippen molar-refractivity contribution in [3.05, 3.63) is 0 Å². The number of ether oxygens (including phenoxy) is 1. The summed E-state index contributed by atoms with van der Waals surface area (Å²) in [6.45, 7) is 8.99. The van der Waals surface area contributed by atoms with E-state index in [0.717, 1.165) is 19.2 Å². The highest BCUT2D eigenvalue weighted by atomic mass is 16.5. The number of hydrogen-bond acceptors (Lipinski definition) is 2. The molecule has 0 radical (unpaired) electrons. The predicted octanol–water partition coefficient (Wildman–Crippen LogP) is 2.83. The maximum atomic E-state index is 5.31. The van der Waals surface area contributed by atoms with Crippen LogP contribution in [0, 0.1) is 11.3 Å². The van der Waals surface area contributed by atoms with Gasteiger partial charge in [-0.15, -0.1) is 0 Å². The van der Waals surface area contributed by atoms with E-state index in [1.54, 1.807) is 7.11 Å². The minimum Gasteiger partial charge on any atom is -0.384 e. The lowest BCUT2D eigenvalue weighted by molar-refractivity contribution is 0.0617. The molecule has 0 aromatic rings. The van der Waals surface area contributed by atoms with E-state index in [1.165, 1.54) is 25.7 Å². The second-order valence-corrected chi connectivity index (χ2v) is 5.08. The van der Waals surface area contributed by atoms with Gasteiger partial charge in [0.15, 0.2) is 0 Å². The summed E-state index contributed by atoms with van der Waals surface area (Å²) in [6, 6.07) is 0.817. The Labute approximate surface area is 94.8 Å². The van der Waals surface area contributed by atoms with Gasteiger partial charge in [-0.25, -0.2) is 0 Å². The van der Waals surface area contributed by atoms with Crippen LogP contribution in [0.15, 0.2) is 0 Å². The third-order valence-corrected chi connectivity index (χ3v) is 4.19. The summed E-state index contributed by atoms with van der Waals surface area (Å²) in [5, 5.41) is 3.68. The molecule has 15 heavy (non-hydrogen) atoms. The summed E-state index contributed by atoms with van der Waals surface area (Å²) in [5.74, 6) is 0.642. The molecule has 1 N–H and O–H groups in total. The third kappa shape index (κ3) is 3.46. The van der Waals surface area contributed by atoms with Crippen molar-refractivity contribution in [3.8, 4) is 0 Å². The summed E-state index contributed by atoms with van der Waals surface area (Å²) < 4.78 is 5.31. The van der Waals surface area contributed by atoms with Gasteiger partial charge in [-0.3, -0.25) is 0 Å². The van der Waals surface area contributed by atoms with Gasteiger partial charge >= 0.3 is 0 Å². The van der Waals surface area contributed by atoms with Crippen molar-refractivity contribution in [3.63, 3.8) is 0 Å². The van der Waals surface area contributed by atoms with Gasteiger partial charge in [0.2, 0.25) is 0 Å². The van der Waals surface area contributed by atoms with Gasteiger partial charge in [-0.2, -0.15) is 0 Å². The number of nitrogens with one attached hydrogen (secondary N) is 1. The van der Waals surface area contributed by atoms with E-state index in [1.807, 2.05) is 0 Å². The molecule has 0 aromatic carbocycles. The van der Waals surface area contributed by atoms with Crippen LogP contribution in [0.2, 0.25) is 0 Å². The first-order valence-corrected chi connectivity index (χ1v) is 6.40. The van der Waals surface area contributed by atoms with Gasteiger partial charge < -0.3 is 10.1 Å². The molecule has 0 aliphatic heterocycles. The Bertz CT molecular complexity index is 173. The van der Waals surface area contributed by atoms with E-state index in [0.29, 0.717) is 11.3 Å². The van der Waals surface area contributed by atoms with E-state index in [9.17, 15) is 0 Å². The Balaban J connectivity index is 2.48. The Morgan fingerprint density at radius 2 is 1.93 bits per heavy atom. The van der Waals surface area contributed by atoms with E-state index in [2.05, 4.69) is 26.1 Å². The zero-order valence-corrected chi connectivity index (χ0v) is 10.8. The van der Waals surface area contributed by atoms with Crippen LogP contribution in [-0.4, -0.2) is 26.3 Å². The molecule has 0 heterocycles. The zero-order valence-electron chi connectivity index (χ0n) is 10.8. The molecular weight excluding hydrogens is 186 g/mol. The smallest absolute Gasteiger partial charge is 0.0493 e. The first-order valence-electron chi connectivity index (χ1n) is 6.40. The minimum atomic E-state index is 0.429. The Morgan fingerprint density at radius 3 is 2.33 bits per heavy atom. The van der Waals surface area contributed by atoms with Crippen LogP contribution in [0.3, 0.4) is 0 Å². The van der Waals surface area contributed by atoms with Crippen LogP contribution in [0.1, 0.15) is 46.5 Å². The SMILES string of the molecule is CCC(CC)(CNC1CC1)C(C)COC. The lowest BCUT2D eigenvalue weighted by atomic mass is 9.72. The van der Waals surface area contributed by atoms with Crippen LogP contribution in [0.5, 0.6) is 0 Å². The number of rotatable bonds is 8. The fraction of sp³-hybridized carbons (Fsp3) is 1.00. The number of hydrogen-bond donors (Lipinski definition) is 1. The standard InChI is InChI=1S/C13H27NO/c1-5-13(6-2,11(3)9-15-4)10-14-12-7-8-12/h11-12,14H,5-10H2,1-4H3. The second kappa shape index (κ2) is 5.86. The quantitative estimate of drug-likeness (QED) is 0.669. The molecule has 1 aliphatic carbocycles. The highest BCUT2D eigenvalue weighted by molar-refractivity contribution is 4.89.